The third kappa shape index (κ3) is 4.36. The fraction of sp³-hybridized carbons (Fsp3) is 0.455. The number of aromatic amines is 1. The van der Waals surface area contributed by atoms with Gasteiger partial charge in [-0.3, -0.25) is 5.10 Å². The van der Waals surface area contributed by atoms with Crippen LogP contribution in [0, 0.1) is 5.95 Å². The summed E-state index contributed by atoms with van der Waals surface area (Å²) < 4.78 is 13.7. The molecule has 3 aromatic rings. The Kier molecular flexibility index (Phi) is 5.17. The molecule has 1 aromatic carbocycles. The van der Waals surface area contributed by atoms with E-state index in [9.17, 15) is 9.50 Å². The van der Waals surface area contributed by atoms with Crippen LogP contribution in [-0.4, -0.2) is 54.7 Å². The van der Waals surface area contributed by atoms with Crippen molar-refractivity contribution in [2.24, 2.45) is 0 Å². The highest BCUT2D eigenvalue weighted by atomic mass is 19.1. The van der Waals surface area contributed by atoms with Crippen LogP contribution in [-0.2, 0) is 0 Å². The minimum atomic E-state index is -0.620. The number of phenolic OH excluding ortho intramolecular Hbond substituents is 1. The second-order valence-electron chi connectivity index (χ2n) is 9.53. The van der Waals surface area contributed by atoms with Gasteiger partial charge >= 0.3 is 0 Å². The van der Waals surface area contributed by atoms with E-state index >= 15 is 0 Å². The molecule has 0 atom stereocenters. The van der Waals surface area contributed by atoms with Gasteiger partial charge in [0, 0.05) is 35.9 Å². The largest absolute Gasteiger partial charge is 0.507 e. The predicted molar refractivity (Wildman–Crippen MR) is 117 cm³/mol. The van der Waals surface area contributed by atoms with E-state index in [0.717, 1.165) is 12.8 Å². The number of aromatic nitrogens is 5. The molecule has 0 spiro atoms. The average Bonchev–Trinajstić information content (AvgIpc) is 3.11. The van der Waals surface area contributed by atoms with Crippen LogP contribution < -0.4 is 10.2 Å². The molecule has 0 saturated carbocycles. The average molecular weight is 426 g/mol. The third-order valence-electron chi connectivity index (χ3n) is 5.76. The number of hydrogen-bond donors (Lipinski definition) is 3. The number of halogens is 1. The first-order chi connectivity index (χ1) is 14.5. The van der Waals surface area contributed by atoms with Gasteiger partial charge in [-0.15, -0.1) is 15.3 Å². The minimum Gasteiger partial charge on any atom is -0.507 e. The van der Waals surface area contributed by atoms with E-state index in [-0.39, 0.29) is 28.4 Å². The van der Waals surface area contributed by atoms with Crippen molar-refractivity contribution in [3.8, 4) is 28.1 Å². The lowest BCUT2D eigenvalue weighted by molar-refractivity contribution is 0.160. The standard InChI is InChI=1S/C22H28FN7O/c1-21(2)9-14(10-22(3,4)29-21)30(5)20-24-12-17(26-28-20)15-7-6-13(8-18(15)31)16-11-25-27-19(16)23/h6-8,11-12,14,29,31H,9-10H2,1-5H3,(H,25,27). The van der Waals surface area contributed by atoms with Gasteiger partial charge in [0.25, 0.3) is 0 Å². The van der Waals surface area contributed by atoms with Crippen molar-refractivity contribution in [2.45, 2.75) is 57.7 Å². The number of phenols is 1. The summed E-state index contributed by atoms with van der Waals surface area (Å²) in [5, 5.41) is 28.7. The van der Waals surface area contributed by atoms with Crippen LogP contribution >= 0.6 is 0 Å². The maximum Gasteiger partial charge on any atom is 0.245 e. The summed E-state index contributed by atoms with van der Waals surface area (Å²) in [7, 11) is 1.99. The molecule has 0 amide bonds. The monoisotopic (exact) mass is 425 g/mol. The number of aromatic hydroxyl groups is 1. The lowest BCUT2D eigenvalue weighted by Crippen LogP contribution is -2.62. The van der Waals surface area contributed by atoms with Crippen LogP contribution in [0.25, 0.3) is 22.4 Å². The van der Waals surface area contributed by atoms with Crippen molar-refractivity contribution in [3.05, 3.63) is 36.5 Å². The molecule has 4 rings (SSSR count). The molecular formula is C22H28FN7O. The smallest absolute Gasteiger partial charge is 0.245 e. The van der Waals surface area contributed by atoms with Crippen LogP contribution in [0.5, 0.6) is 5.75 Å². The van der Waals surface area contributed by atoms with Gasteiger partial charge in [0.05, 0.1) is 11.8 Å². The second-order valence-corrected chi connectivity index (χ2v) is 9.53. The molecule has 0 radical (unpaired) electrons. The Morgan fingerprint density at radius 1 is 1.10 bits per heavy atom. The summed E-state index contributed by atoms with van der Waals surface area (Å²) in [6, 6.07) is 5.12. The van der Waals surface area contributed by atoms with E-state index in [1.807, 2.05) is 7.05 Å². The number of anilines is 1. The molecule has 2 aromatic heterocycles. The Hall–Kier alpha value is -3.07. The Morgan fingerprint density at radius 3 is 2.35 bits per heavy atom. The summed E-state index contributed by atoms with van der Waals surface area (Å²) in [6.07, 6.45) is 4.97. The van der Waals surface area contributed by atoms with Gasteiger partial charge in [0.15, 0.2) is 0 Å². The zero-order chi connectivity index (χ0) is 22.4. The second kappa shape index (κ2) is 7.56. The summed E-state index contributed by atoms with van der Waals surface area (Å²) in [5.74, 6) is -0.110. The highest BCUT2D eigenvalue weighted by molar-refractivity contribution is 5.73. The molecular weight excluding hydrogens is 397 g/mol. The summed E-state index contributed by atoms with van der Waals surface area (Å²) >= 11 is 0. The number of benzene rings is 1. The zero-order valence-corrected chi connectivity index (χ0v) is 18.4. The van der Waals surface area contributed by atoms with Crippen molar-refractivity contribution in [3.63, 3.8) is 0 Å². The Balaban J connectivity index is 1.55. The quantitative estimate of drug-likeness (QED) is 0.588. The van der Waals surface area contributed by atoms with Gasteiger partial charge in [-0.1, -0.05) is 6.07 Å². The fourth-order valence-electron chi connectivity index (χ4n) is 4.65. The van der Waals surface area contributed by atoms with Crippen LogP contribution in [0.2, 0.25) is 0 Å². The number of H-pyrrole nitrogens is 1. The van der Waals surface area contributed by atoms with Gasteiger partial charge < -0.3 is 15.3 Å². The van der Waals surface area contributed by atoms with E-state index in [4.69, 9.17) is 0 Å². The molecule has 1 fully saturated rings. The molecule has 9 heteroatoms. The zero-order valence-electron chi connectivity index (χ0n) is 18.4. The number of nitrogens with one attached hydrogen (secondary N) is 2. The van der Waals surface area contributed by atoms with E-state index < -0.39 is 5.95 Å². The number of piperidine rings is 1. The first kappa shape index (κ1) is 21.2. The topological polar surface area (TPSA) is 103 Å². The van der Waals surface area contributed by atoms with Crippen molar-refractivity contribution in [2.75, 3.05) is 11.9 Å². The van der Waals surface area contributed by atoms with Gasteiger partial charge in [-0.25, -0.2) is 4.98 Å². The highest BCUT2D eigenvalue weighted by Crippen LogP contribution is 2.34. The molecule has 31 heavy (non-hydrogen) atoms. The molecule has 3 N–H and O–H groups in total. The number of rotatable bonds is 4. The van der Waals surface area contributed by atoms with E-state index in [2.05, 4.69) is 63.3 Å². The summed E-state index contributed by atoms with van der Waals surface area (Å²) in [5.41, 5.74) is 1.74. The maximum atomic E-state index is 13.7. The summed E-state index contributed by atoms with van der Waals surface area (Å²) in [4.78, 5) is 6.57. The molecule has 0 aliphatic carbocycles. The van der Waals surface area contributed by atoms with Gasteiger partial charge in [0.2, 0.25) is 11.9 Å². The van der Waals surface area contributed by atoms with E-state index in [1.54, 1.807) is 18.3 Å². The molecule has 3 heterocycles. The predicted octanol–water partition coefficient (Wildman–Crippen LogP) is 3.52. The van der Waals surface area contributed by atoms with E-state index in [1.165, 1.54) is 12.3 Å². The molecule has 0 bridgehead atoms. The molecule has 1 saturated heterocycles. The van der Waals surface area contributed by atoms with Crippen LogP contribution in [0.4, 0.5) is 10.3 Å². The molecule has 0 unspecified atom stereocenters. The van der Waals surface area contributed by atoms with Gasteiger partial charge in [-0.2, -0.15) is 4.39 Å². The molecule has 1 aliphatic heterocycles. The summed E-state index contributed by atoms with van der Waals surface area (Å²) in [6.45, 7) is 8.83. The molecule has 164 valence electrons. The van der Waals surface area contributed by atoms with Gasteiger partial charge in [0.1, 0.15) is 11.4 Å². The first-order valence-corrected chi connectivity index (χ1v) is 10.3. The highest BCUT2D eigenvalue weighted by Gasteiger charge is 2.39. The van der Waals surface area contributed by atoms with Crippen molar-refractivity contribution in [1.29, 1.82) is 0 Å². The van der Waals surface area contributed by atoms with Crippen molar-refractivity contribution in [1.82, 2.24) is 30.7 Å². The third-order valence-corrected chi connectivity index (χ3v) is 5.76. The fourth-order valence-corrected chi connectivity index (χ4v) is 4.65. The number of nitrogens with zero attached hydrogens (tertiary/aromatic N) is 5. The van der Waals surface area contributed by atoms with E-state index in [0.29, 0.717) is 22.8 Å². The molecule has 1 aliphatic rings. The minimum absolute atomic E-state index is 0.00996. The first-order valence-electron chi connectivity index (χ1n) is 10.3. The van der Waals surface area contributed by atoms with Crippen molar-refractivity contribution < 1.29 is 9.50 Å². The Bertz CT molecular complexity index is 1060. The van der Waals surface area contributed by atoms with Crippen molar-refractivity contribution >= 4 is 5.95 Å². The number of hydrogen-bond acceptors (Lipinski definition) is 7. The van der Waals surface area contributed by atoms with Crippen LogP contribution in [0.3, 0.4) is 0 Å². The molecule has 8 nitrogen and oxygen atoms in total. The lowest BCUT2D eigenvalue weighted by atomic mass is 9.79. The Morgan fingerprint density at radius 2 is 1.81 bits per heavy atom. The normalized spacial score (nSPS) is 18.1. The Labute approximate surface area is 180 Å². The SMILES string of the molecule is CN(c1ncc(-c2ccc(-c3c[nH]nc3F)cc2O)nn1)C1CC(C)(C)NC(C)(C)C1. The van der Waals surface area contributed by atoms with Crippen LogP contribution in [0.1, 0.15) is 40.5 Å². The lowest BCUT2D eigenvalue weighted by Gasteiger charge is -2.48. The van der Waals surface area contributed by atoms with Gasteiger partial charge in [-0.05, 0) is 58.2 Å². The maximum absolute atomic E-state index is 13.7. The van der Waals surface area contributed by atoms with Crippen LogP contribution in [0.15, 0.2) is 30.6 Å².